The maximum atomic E-state index is 14.2. The maximum Gasteiger partial charge on any atom is 0.349 e. The van der Waals surface area contributed by atoms with Crippen LogP contribution in [0.25, 0.3) is 0 Å². The van der Waals surface area contributed by atoms with E-state index in [2.05, 4.69) is 0 Å². The van der Waals surface area contributed by atoms with E-state index < -0.39 is 21.7 Å². The number of carbonyl (C=O) groups is 1. The molecule has 2 rings (SSSR count). The van der Waals surface area contributed by atoms with E-state index >= 15 is 0 Å². The normalized spacial score (nSPS) is 19.3. The van der Waals surface area contributed by atoms with Gasteiger partial charge in [0.2, 0.25) is 0 Å². The van der Waals surface area contributed by atoms with Crippen molar-refractivity contribution in [3.63, 3.8) is 0 Å². The van der Waals surface area contributed by atoms with Crippen LogP contribution >= 0.6 is 23.2 Å². The highest BCUT2D eigenvalue weighted by atomic mass is 35.5. The Morgan fingerprint density at radius 3 is 2.61 bits per heavy atom. The molecule has 23 heavy (non-hydrogen) atoms. The first kappa shape index (κ1) is 18.3. The van der Waals surface area contributed by atoms with Crippen LogP contribution < -0.4 is 4.74 Å². The Kier molecular flexibility index (Phi) is 5.47. The number of hydrogen-bond donors (Lipinski definition) is 0. The fourth-order valence-corrected chi connectivity index (χ4v) is 2.75. The third-order valence-electron chi connectivity index (χ3n) is 3.77. The Balaban J connectivity index is 2.03. The summed E-state index contributed by atoms with van der Waals surface area (Å²) in [5.41, 5.74) is -0.540. The monoisotopic (exact) mass is 362 g/mol. The highest BCUT2D eigenvalue weighted by molar-refractivity contribution is 6.51. The second-order valence-electron chi connectivity index (χ2n) is 6.31. The number of alkyl halides is 2. The summed E-state index contributed by atoms with van der Waals surface area (Å²) in [7, 11) is 0. The highest BCUT2D eigenvalue weighted by Crippen LogP contribution is 2.59. The molecule has 0 aliphatic heterocycles. The number of carbonyl (C=O) groups excluding carboxylic acids is 1. The van der Waals surface area contributed by atoms with Crippen LogP contribution in [-0.2, 0) is 9.53 Å². The second kappa shape index (κ2) is 6.86. The largest absolute Gasteiger partial charge is 0.473 e. The van der Waals surface area contributed by atoms with Crippen LogP contribution in [0.1, 0.15) is 51.5 Å². The van der Waals surface area contributed by atoms with Gasteiger partial charge in [-0.15, -0.1) is 23.2 Å². The Bertz CT molecular complexity index is 587. The van der Waals surface area contributed by atoms with Crippen molar-refractivity contribution in [3.8, 4) is 5.75 Å². The molecule has 1 unspecified atom stereocenters. The summed E-state index contributed by atoms with van der Waals surface area (Å²) < 4.78 is 24.1. The van der Waals surface area contributed by atoms with E-state index in [4.69, 9.17) is 32.7 Å². The van der Waals surface area contributed by atoms with E-state index in [0.29, 0.717) is 13.0 Å². The molecule has 0 bridgehead atoms. The van der Waals surface area contributed by atoms with Crippen LogP contribution in [0.15, 0.2) is 18.2 Å². The third-order valence-corrected chi connectivity index (χ3v) is 4.61. The summed E-state index contributed by atoms with van der Waals surface area (Å²) in [6.45, 7) is 5.44. The summed E-state index contributed by atoms with van der Waals surface area (Å²) >= 11 is 12.0. The highest BCUT2D eigenvalue weighted by Gasteiger charge is 2.52. The number of ether oxygens (including phenoxy) is 2. The van der Waals surface area contributed by atoms with Crippen molar-refractivity contribution >= 4 is 29.2 Å². The number of rotatable bonds is 7. The molecule has 128 valence electrons. The summed E-state index contributed by atoms with van der Waals surface area (Å²) in [6, 6.07) is 4.56. The smallest absolute Gasteiger partial charge is 0.349 e. The molecule has 3 nitrogen and oxygen atoms in total. The standard InChI is InChI=1S/C17H21Cl2FO3/c1-4-5-8-22-15(21)16(2,3)23-14-7-6-11(9-13(14)20)12-10-17(12,18)19/h6-7,9,12H,4-5,8,10H2,1-3H3. The fraction of sp³-hybridized carbons (Fsp3) is 0.588. The SMILES string of the molecule is CCCCOC(=O)C(C)(C)Oc1ccc(C2CC2(Cl)Cl)cc1F. The molecule has 1 aliphatic carbocycles. The molecule has 0 heterocycles. The number of benzene rings is 1. The van der Waals surface area contributed by atoms with Gasteiger partial charge in [-0.1, -0.05) is 19.4 Å². The lowest BCUT2D eigenvalue weighted by atomic mass is 10.1. The van der Waals surface area contributed by atoms with Gasteiger partial charge in [0.05, 0.1) is 6.61 Å². The molecule has 0 spiro atoms. The van der Waals surface area contributed by atoms with E-state index in [1.165, 1.54) is 12.1 Å². The molecule has 0 aromatic heterocycles. The molecular weight excluding hydrogens is 342 g/mol. The van der Waals surface area contributed by atoms with Crippen molar-refractivity contribution in [1.29, 1.82) is 0 Å². The summed E-state index contributed by atoms with van der Waals surface area (Å²) in [6.07, 6.45) is 2.31. The fourth-order valence-electron chi connectivity index (χ4n) is 2.19. The number of unbranched alkanes of at least 4 members (excludes halogenated alkanes) is 1. The van der Waals surface area contributed by atoms with Gasteiger partial charge in [-0.2, -0.15) is 0 Å². The molecule has 0 N–H and O–H groups in total. The minimum absolute atomic E-state index is 0.00147. The summed E-state index contributed by atoms with van der Waals surface area (Å²) in [4.78, 5) is 12.0. The first-order chi connectivity index (χ1) is 10.7. The lowest BCUT2D eigenvalue weighted by Gasteiger charge is -2.24. The van der Waals surface area contributed by atoms with Gasteiger partial charge in [-0.05, 0) is 44.4 Å². The minimum atomic E-state index is -1.27. The van der Waals surface area contributed by atoms with Crippen LogP contribution in [0.2, 0.25) is 0 Å². The average Bonchev–Trinajstić information content (AvgIpc) is 3.10. The van der Waals surface area contributed by atoms with Gasteiger partial charge in [-0.25, -0.2) is 9.18 Å². The van der Waals surface area contributed by atoms with Crippen LogP contribution in [0.4, 0.5) is 4.39 Å². The van der Waals surface area contributed by atoms with Crippen molar-refractivity contribution in [1.82, 2.24) is 0 Å². The van der Waals surface area contributed by atoms with E-state index in [9.17, 15) is 9.18 Å². The number of halogens is 3. The number of esters is 1. The van der Waals surface area contributed by atoms with Gasteiger partial charge in [0.25, 0.3) is 0 Å². The van der Waals surface area contributed by atoms with Gasteiger partial charge in [0.15, 0.2) is 17.2 Å². The Morgan fingerprint density at radius 2 is 2.09 bits per heavy atom. The molecule has 1 atom stereocenters. The molecule has 1 saturated carbocycles. The zero-order valence-corrected chi connectivity index (χ0v) is 15.0. The predicted octanol–water partition coefficient (Wildman–Crippen LogP) is 4.99. The average molecular weight is 363 g/mol. The van der Waals surface area contributed by atoms with Crippen LogP contribution in [-0.4, -0.2) is 22.5 Å². The van der Waals surface area contributed by atoms with Gasteiger partial charge >= 0.3 is 5.97 Å². The molecule has 0 saturated heterocycles. The molecule has 1 aliphatic rings. The predicted molar refractivity (Wildman–Crippen MR) is 88.8 cm³/mol. The molecule has 1 fully saturated rings. The van der Waals surface area contributed by atoms with E-state index in [1.807, 2.05) is 6.92 Å². The van der Waals surface area contributed by atoms with Crippen molar-refractivity contribution in [2.45, 2.75) is 55.9 Å². The molecule has 1 aromatic carbocycles. The molecule has 6 heteroatoms. The number of hydrogen-bond acceptors (Lipinski definition) is 3. The Hall–Kier alpha value is -1.00. The first-order valence-electron chi connectivity index (χ1n) is 7.71. The van der Waals surface area contributed by atoms with Crippen LogP contribution in [0.3, 0.4) is 0 Å². The topological polar surface area (TPSA) is 35.5 Å². The maximum absolute atomic E-state index is 14.2. The van der Waals surface area contributed by atoms with Crippen molar-refractivity contribution in [2.75, 3.05) is 6.61 Å². The lowest BCUT2D eigenvalue weighted by Crippen LogP contribution is -2.40. The molecule has 1 aromatic rings. The zero-order valence-electron chi connectivity index (χ0n) is 13.5. The quantitative estimate of drug-likeness (QED) is 0.389. The van der Waals surface area contributed by atoms with Gasteiger partial charge in [0.1, 0.15) is 4.33 Å². The van der Waals surface area contributed by atoms with Crippen LogP contribution in [0.5, 0.6) is 5.75 Å². The minimum Gasteiger partial charge on any atom is -0.473 e. The van der Waals surface area contributed by atoms with Crippen LogP contribution in [0, 0.1) is 5.82 Å². The van der Waals surface area contributed by atoms with Crippen molar-refractivity contribution in [2.24, 2.45) is 0 Å². The summed E-state index contributed by atoms with van der Waals surface area (Å²) in [5, 5.41) is 0. The zero-order chi connectivity index (χ0) is 17.3. The summed E-state index contributed by atoms with van der Waals surface area (Å²) in [5.74, 6) is -1.13. The van der Waals surface area contributed by atoms with Crippen molar-refractivity contribution in [3.05, 3.63) is 29.6 Å². The molecule has 0 radical (unpaired) electrons. The van der Waals surface area contributed by atoms with E-state index in [1.54, 1.807) is 19.9 Å². The molecular formula is C17H21Cl2FO3. The van der Waals surface area contributed by atoms with Crippen molar-refractivity contribution < 1.29 is 18.7 Å². The Morgan fingerprint density at radius 1 is 1.43 bits per heavy atom. The second-order valence-corrected chi connectivity index (χ2v) is 7.85. The lowest BCUT2D eigenvalue weighted by molar-refractivity contribution is -0.159. The van der Waals surface area contributed by atoms with Gasteiger partial charge in [-0.3, -0.25) is 0 Å². The van der Waals surface area contributed by atoms with E-state index in [-0.39, 0.29) is 11.7 Å². The van der Waals surface area contributed by atoms with Gasteiger partial charge in [0, 0.05) is 5.92 Å². The third kappa shape index (κ3) is 4.51. The van der Waals surface area contributed by atoms with Gasteiger partial charge < -0.3 is 9.47 Å². The van der Waals surface area contributed by atoms with E-state index in [0.717, 1.165) is 18.4 Å². The Labute approximate surface area is 146 Å². The first-order valence-corrected chi connectivity index (χ1v) is 8.46. The molecule has 0 amide bonds.